The lowest BCUT2D eigenvalue weighted by molar-refractivity contribution is 0.0953. The van der Waals surface area contributed by atoms with Gasteiger partial charge in [-0.1, -0.05) is 6.92 Å². The number of carbonyl (C=O) groups excluding carboxylic acids is 1. The van der Waals surface area contributed by atoms with E-state index in [1.165, 1.54) is 11.3 Å². The molecule has 0 saturated heterocycles. The molecule has 0 bridgehead atoms. The van der Waals surface area contributed by atoms with Crippen LogP contribution in [0.25, 0.3) is 0 Å². The topological polar surface area (TPSA) is 86.5 Å². The second-order valence-electron chi connectivity index (χ2n) is 4.23. The molecule has 21 heavy (non-hydrogen) atoms. The van der Waals surface area contributed by atoms with Gasteiger partial charge in [-0.05, 0) is 30.7 Å². The fourth-order valence-corrected chi connectivity index (χ4v) is 2.25. The van der Waals surface area contributed by atoms with E-state index < -0.39 is 5.91 Å². The van der Waals surface area contributed by atoms with Crippen molar-refractivity contribution < 1.29 is 14.3 Å². The Morgan fingerprint density at radius 1 is 1.29 bits per heavy atom. The summed E-state index contributed by atoms with van der Waals surface area (Å²) in [5.41, 5.74) is 2.73. The zero-order valence-corrected chi connectivity index (χ0v) is 12.5. The molecule has 0 atom stereocenters. The Morgan fingerprint density at radius 2 is 1.95 bits per heavy atom. The Balaban J connectivity index is 1.87. The number of hydrogen-bond acceptors (Lipinski definition) is 6. The van der Waals surface area contributed by atoms with Gasteiger partial charge in [0, 0.05) is 5.38 Å². The van der Waals surface area contributed by atoms with Gasteiger partial charge in [0.05, 0.1) is 12.3 Å². The highest BCUT2D eigenvalue weighted by atomic mass is 32.1. The molecule has 0 spiro atoms. The summed E-state index contributed by atoms with van der Waals surface area (Å²) in [5.74, 6) is 6.19. The van der Waals surface area contributed by atoms with E-state index in [9.17, 15) is 4.79 Å². The lowest BCUT2D eigenvalue weighted by atomic mass is 10.3. The van der Waals surface area contributed by atoms with E-state index in [1.807, 2.05) is 29.7 Å². The molecule has 3 N–H and O–H groups in total. The van der Waals surface area contributed by atoms with Crippen LogP contribution in [0.1, 0.15) is 28.8 Å². The molecular formula is C14H17N3O3S. The van der Waals surface area contributed by atoms with E-state index in [-0.39, 0.29) is 0 Å². The molecule has 0 aliphatic carbocycles. The van der Waals surface area contributed by atoms with Crippen LogP contribution in [0, 0.1) is 0 Å². The minimum atomic E-state index is -0.399. The zero-order valence-electron chi connectivity index (χ0n) is 11.7. The number of nitrogens with zero attached hydrogens (tertiary/aromatic N) is 1. The van der Waals surface area contributed by atoms with E-state index >= 15 is 0 Å². The van der Waals surface area contributed by atoms with Gasteiger partial charge in [-0.25, -0.2) is 10.8 Å². The molecule has 0 fully saturated rings. The number of aromatic nitrogens is 1. The Kier molecular flexibility index (Phi) is 5.53. The number of amides is 1. The van der Waals surface area contributed by atoms with Gasteiger partial charge in [0.25, 0.3) is 5.91 Å². The summed E-state index contributed by atoms with van der Waals surface area (Å²) in [6.07, 6.45) is 0.973. The van der Waals surface area contributed by atoms with Crippen molar-refractivity contribution in [2.75, 3.05) is 6.61 Å². The predicted octanol–water partition coefficient (Wildman–Crippen LogP) is 2.11. The van der Waals surface area contributed by atoms with Crippen LogP contribution in [-0.2, 0) is 6.61 Å². The first-order valence-electron chi connectivity index (χ1n) is 6.54. The fourth-order valence-electron chi connectivity index (χ4n) is 1.55. The number of nitrogen functional groups attached to an aromatic ring is 1. The Bertz CT molecular complexity index is 583. The van der Waals surface area contributed by atoms with Gasteiger partial charge in [-0.15, -0.1) is 11.3 Å². The van der Waals surface area contributed by atoms with Crippen LogP contribution >= 0.6 is 11.3 Å². The molecule has 0 unspecified atom stereocenters. The molecule has 0 radical (unpaired) electrons. The van der Waals surface area contributed by atoms with E-state index in [0.29, 0.717) is 23.9 Å². The van der Waals surface area contributed by atoms with E-state index in [4.69, 9.17) is 15.3 Å². The third-order valence-electron chi connectivity index (χ3n) is 2.56. The number of hydrogen-bond donors (Lipinski definition) is 2. The van der Waals surface area contributed by atoms with Crippen molar-refractivity contribution in [2.45, 2.75) is 20.0 Å². The lowest BCUT2D eigenvalue weighted by Crippen LogP contribution is -2.29. The molecule has 1 heterocycles. The maximum absolute atomic E-state index is 11.3. The van der Waals surface area contributed by atoms with Gasteiger partial charge in [-0.3, -0.25) is 10.2 Å². The van der Waals surface area contributed by atoms with E-state index in [2.05, 4.69) is 11.9 Å². The number of nitrogens with one attached hydrogen (secondary N) is 1. The van der Waals surface area contributed by atoms with Crippen molar-refractivity contribution in [3.8, 4) is 11.5 Å². The van der Waals surface area contributed by atoms with Crippen molar-refractivity contribution in [1.29, 1.82) is 0 Å². The van der Waals surface area contributed by atoms with Crippen LogP contribution in [0.2, 0.25) is 0 Å². The third-order valence-corrected chi connectivity index (χ3v) is 3.45. The average molecular weight is 307 g/mol. The SMILES string of the molecule is CCCOc1ccc(OCc2csc(C(=O)NN)n2)cc1. The molecule has 2 rings (SSSR count). The first-order valence-corrected chi connectivity index (χ1v) is 7.42. The Hall–Kier alpha value is -2.12. The molecule has 112 valence electrons. The van der Waals surface area contributed by atoms with Crippen LogP contribution in [0.5, 0.6) is 11.5 Å². The summed E-state index contributed by atoms with van der Waals surface area (Å²) < 4.78 is 11.1. The maximum atomic E-state index is 11.3. The summed E-state index contributed by atoms with van der Waals surface area (Å²) in [4.78, 5) is 15.4. The molecule has 7 heteroatoms. The first kappa shape index (κ1) is 15.3. The van der Waals surface area contributed by atoms with Crippen molar-refractivity contribution in [2.24, 2.45) is 5.84 Å². The highest BCUT2D eigenvalue weighted by molar-refractivity contribution is 7.11. The maximum Gasteiger partial charge on any atom is 0.294 e. The van der Waals surface area contributed by atoms with Gasteiger partial charge in [0.15, 0.2) is 5.01 Å². The summed E-state index contributed by atoms with van der Waals surface area (Å²) in [6, 6.07) is 7.40. The van der Waals surface area contributed by atoms with Crippen LogP contribution in [0.15, 0.2) is 29.6 Å². The highest BCUT2D eigenvalue weighted by Crippen LogP contribution is 2.19. The van der Waals surface area contributed by atoms with Gasteiger partial charge in [0.1, 0.15) is 18.1 Å². The van der Waals surface area contributed by atoms with Gasteiger partial charge < -0.3 is 9.47 Å². The van der Waals surface area contributed by atoms with Crippen LogP contribution in [-0.4, -0.2) is 17.5 Å². The van der Waals surface area contributed by atoms with E-state index in [0.717, 1.165) is 17.9 Å². The van der Waals surface area contributed by atoms with Gasteiger partial charge in [-0.2, -0.15) is 0 Å². The van der Waals surface area contributed by atoms with Crippen molar-refractivity contribution in [3.05, 3.63) is 40.3 Å². The number of hydrazine groups is 1. The normalized spacial score (nSPS) is 10.2. The molecular weight excluding hydrogens is 290 g/mol. The summed E-state index contributed by atoms with van der Waals surface area (Å²) in [5, 5.41) is 2.09. The van der Waals surface area contributed by atoms with Gasteiger partial charge >= 0.3 is 0 Å². The zero-order chi connectivity index (χ0) is 15.1. The number of ether oxygens (including phenoxy) is 2. The summed E-state index contributed by atoms with van der Waals surface area (Å²) in [6.45, 7) is 3.05. The molecule has 0 aliphatic heterocycles. The van der Waals surface area contributed by atoms with Crippen molar-refractivity contribution in [1.82, 2.24) is 10.4 Å². The molecule has 1 aromatic heterocycles. The molecule has 0 aliphatic rings. The molecule has 2 aromatic rings. The van der Waals surface area contributed by atoms with Crippen LogP contribution < -0.4 is 20.7 Å². The number of carbonyl (C=O) groups is 1. The largest absolute Gasteiger partial charge is 0.494 e. The Labute approximate surface area is 126 Å². The Morgan fingerprint density at radius 3 is 2.57 bits per heavy atom. The highest BCUT2D eigenvalue weighted by Gasteiger charge is 2.09. The number of nitrogens with two attached hydrogens (primary N) is 1. The van der Waals surface area contributed by atoms with Gasteiger partial charge in [0.2, 0.25) is 0 Å². The number of thiazole rings is 1. The third kappa shape index (κ3) is 4.44. The second kappa shape index (κ2) is 7.61. The minimum Gasteiger partial charge on any atom is -0.494 e. The van der Waals surface area contributed by atoms with Crippen molar-refractivity contribution in [3.63, 3.8) is 0 Å². The van der Waals surface area contributed by atoms with E-state index in [1.54, 1.807) is 5.38 Å². The van der Waals surface area contributed by atoms with Crippen molar-refractivity contribution >= 4 is 17.2 Å². The monoisotopic (exact) mass is 307 g/mol. The second-order valence-corrected chi connectivity index (χ2v) is 5.08. The standard InChI is InChI=1S/C14H17N3O3S/c1-2-7-19-11-3-5-12(6-4-11)20-8-10-9-21-14(16-10)13(18)17-15/h3-6,9H,2,7-8,15H2,1H3,(H,17,18). The summed E-state index contributed by atoms with van der Waals surface area (Å²) in [7, 11) is 0. The first-order chi connectivity index (χ1) is 10.2. The predicted molar refractivity (Wildman–Crippen MR) is 80.3 cm³/mol. The molecule has 1 aromatic carbocycles. The minimum absolute atomic E-state index is 0.295. The number of benzene rings is 1. The average Bonchev–Trinajstić information content (AvgIpc) is 3.00. The quantitative estimate of drug-likeness (QED) is 0.465. The molecule has 1 amide bonds. The van der Waals surface area contributed by atoms with Crippen LogP contribution in [0.4, 0.5) is 0 Å². The fraction of sp³-hybridized carbons (Fsp3) is 0.286. The molecule has 6 nitrogen and oxygen atoms in total. The molecule has 0 saturated carbocycles. The summed E-state index contributed by atoms with van der Waals surface area (Å²) >= 11 is 1.23. The van der Waals surface area contributed by atoms with Crippen LogP contribution in [0.3, 0.4) is 0 Å². The lowest BCUT2D eigenvalue weighted by Gasteiger charge is -2.07. The smallest absolute Gasteiger partial charge is 0.294 e. The number of rotatable bonds is 7.